The Kier molecular flexibility index (Phi) is 6.72. The minimum atomic E-state index is -0.390. The Balaban J connectivity index is 1.42. The van der Waals surface area contributed by atoms with Gasteiger partial charge in [0.1, 0.15) is 10.8 Å². The molecule has 0 spiro atoms. The van der Waals surface area contributed by atoms with Gasteiger partial charge in [-0.3, -0.25) is 4.79 Å². The first-order valence-electron chi connectivity index (χ1n) is 10.2. The molecule has 0 radical (unpaired) electrons. The molecule has 0 fully saturated rings. The first-order valence-corrected chi connectivity index (χ1v) is 12.0. The smallest absolute Gasteiger partial charge is 0.341 e. The molecule has 0 saturated heterocycles. The number of carbonyl (C=O) groups is 2. The zero-order valence-electron chi connectivity index (χ0n) is 17.5. The third-order valence-electron chi connectivity index (χ3n) is 5.21. The van der Waals surface area contributed by atoms with Gasteiger partial charge >= 0.3 is 5.97 Å². The number of anilines is 1. The summed E-state index contributed by atoms with van der Waals surface area (Å²) in [5.41, 5.74) is 2.70. The maximum atomic E-state index is 12.6. The molecule has 0 unspecified atom stereocenters. The van der Waals surface area contributed by atoms with Crippen molar-refractivity contribution in [3.63, 3.8) is 0 Å². The normalized spacial score (nSPS) is 12.6. The van der Waals surface area contributed by atoms with Crippen LogP contribution in [0.4, 0.5) is 5.00 Å². The van der Waals surface area contributed by atoms with E-state index < -0.39 is 5.97 Å². The van der Waals surface area contributed by atoms with E-state index in [1.54, 1.807) is 0 Å². The summed E-state index contributed by atoms with van der Waals surface area (Å²) in [5.74, 6) is 0.496. The van der Waals surface area contributed by atoms with Gasteiger partial charge in [-0.2, -0.15) is 0 Å². The molecular weight excluding hydrogens is 432 g/mol. The molecule has 1 aliphatic rings. The van der Waals surface area contributed by atoms with Crippen molar-refractivity contribution in [2.75, 3.05) is 18.2 Å². The van der Waals surface area contributed by atoms with Gasteiger partial charge in [-0.05, 0) is 37.3 Å². The molecule has 1 aliphatic carbocycles. The van der Waals surface area contributed by atoms with Crippen molar-refractivity contribution in [1.82, 2.24) is 14.8 Å². The molecular formula is C22H24N4O3S2. The standard InChI is InChI=1S/C22H24N4O3S2/c1-3-26-17(12-14-8-5-4-6-9-14)24-25-22(26)30-13-18(27)23-20-19(21(28)29-2)15-10-7-11-16(15)31-20/h4-6,8-9H,3,7,10-13H2,1-2H3,(H,23,27). The Morgan fingerprint density at radius 2 is 2.03 bits per heavy atom. The van der Waals surface area contributed by atoms with Gasteiger partial charge in [0.05, 0.1) is 18.4 Å². The number of aromatic nitrogens is 3. The second-order valence-corrected chi connectivity index (χ2v) is 9.24. The van der Waals surface area contributed by atoms with Crippen LogP contribution in [0.5, 0.6) is 0 Å². The SMILES string of the molecule is CCn1c(Cc2ccccc2)nnc1SCC(=O)Nc1sc2c(c1C(=O)OC)CCC2. The lowest BCUT2D eigenvalue weighted by Gasteiger charge is -2.08. The molecule has 3 aromatic rings. The summed E-state index contributed by atoms with van der Waals surface area (Å²) in [4.78, 5) is 26.1. The number of thioether (sulfide) groups is 1. The summed E-state index contributed by atoms with van der Waals surface area (Å²) < 4.78 is 6.98. The highest BCUT2D eigenvalue weighted by Crippen LogP contribution is 2.39. The number of aryl methyl sites for hydroxylation is 1. The second kappa shape index (κ2) is 9.65. The topological polar surface area (TPSA) is 86.1 Å². The monoisotopic (exact) mass is 456 g/mol. The fourth-order valence-electron chi connectivity index (χ4n) is 3.76. The van der Waals surface area contributed by atoms with E-state index in [0.717, 1.165) is 37.2 Å². The number of thiophene rings is 1. The minimum Gasteiger partial charge on any atom is -0.465 e. The van der Waals surface area contributed by atoms with Gasteiger partial charge < -0.3 is 14.6 Å². The van der Waals surface area contributed by atoms with Gasteiger partial charge in [0.2, 0.25) is 5.91 Å². The molecule has 4 rings (SSSR count). The summed E-state index contributed by atoms with van der Waals surface area (Å²) in [6.07, 6.45) is 3.52. The van der Waals surface area contributed by atoms with Crippen LogP contribution in [0.3, 0.4) is 0 Å². The average Bonchev–Trinajstić information content (AvgIpc) is 3.47. The van der Waals surface area contributed by atoms with E-state index in [1.165, 1.54) is 40.6 Å². The van der Waals surface area contributed by atoms with Crippen molar-refractivity contribution in [3.8, 4) is 0 Å². The molecule has 31 heavy (non-hydrogen) atoms. The lowest BCUT2D eigenvalue weighted by molar-refractivity contribution is -0.113. The fourth-order valence-corrected chi connectivity index (χ4v) is 5.87. The van der Waals surface area contributed by atoms with Crippen LogP contribution in [0, 0.1) is 0 Å². The Morgan fingerprint density at radius 1 is 1.23 bits per heavy atom. The molecule has 0 bridgehead atoms. The molecule has 0 aliphatic heterocycles. The van der Waals surface area contributed by atoms with Crippen LogP contribution in [0.2, 0.25) is 0 Å². The van der Waals surface area contributed by atoms with Gasteiger partial charge in [-0.15, -0.1) is 21.5 Å². The van der Waals surface area contributed by atoms with Crippen LogP contribution in [-0.2, 0) is 35.3 Å². The number of benzene rings is 1. The molecule has 7 nitrogen and oxygen atoms in total. The summed E-state index contributed by atoms with van der Waals surface area (Å²) >= 11 is 2.83. The zero-order chi connectivity index (χ0) is 21.8. The van der Waals surface area contributed by atoms with Crippen molar-refractivity contribution < 1.29 is 14.3 Å². The summed E-state index contributed by atoms with van der Waals surface area (Å²) in [5, 5.41) is 12.8. The number of methoxy groups -OCH3 is 1. The van der Waals surface area contributed by atoms with Crippen LogP contribution in [0.25, 0.3) is 0 Å². The van der Waals surface area contributed by atoms with E-state index in [-0.39, 0.29) is 11.7 Å². The number of ether oxygens (including phenoxy) is 1. The highest BCUT2D eigenvalue weighted by atomic mass is 32.2. The van der Waals surface area contributed by atoms with Crippen LogP contribution < -0.4 is 5.32 Å². The molecule has 1 amide bonds. The average molecular weight is 457 g/mol. The van der Waals surface area contributed by atoms with E-state index in [9.17, 15) is 9.59 Å². The number of carbonyl (C=O) groups excluding carboxylic acids is 2. The van der Waals surface area contributed by atoms with Gasteiger partial charge in [0.15, 0.2) is 5.16 Å². The lowest BCUT2D eigenvalue weighted by atomic mass is 10.1. The lowest BCUT2D eigenvalue weighted by Crippen LogP contribution is -2.16. The number of amides is 1. The summed E-state index contributed by atoms with van der Waals surface area (Å²) in [6, 6.07) is 10.1. The fraction of sp³-hybridized carbons (Fsp3) is 0.364. The van der Waals surface area contributed by atoms with E-state index >= 15 is 0 Å². The van der Waals surface area contributed by atoms with Crippen molar-refractivity contribution in [2.24, 2.45) is 0 Å². The number of nitrogens with zero attached hydrogens (tertiary/aromatic N) is 3. The van der Waals surface area contributed by atoms with Crippen LogP contribution in [0.15, 0.2) is 35.5 Å². The Hall–Kier alpha value is -2.65. The number of hydrogen-bond donors (Lipinski definition) is 1. The molecule has 9 heteroatoms. The predicted octanol–water partition coefficient (Wildman–Crippen LogP) is 3.96. The summed E-state index contributed by atoms with van der Waals surface area (Å²) in [7, 11) is 1.37. The van der Waals surface area contributed by atoms with Crippen molar-refractivity contribution >= 4 is 40.0 Å². The Labute approximate surface area is 189 Å². The molecule has 162 valence electrons. The first-order chi connectivity index (χ1) is 15.1. The zero-order valence-corrected chi connectivity index (χ0v) is 19.1. The van der Waals surface area contributed by atoms with Crippen molar-refractivity contribution in [2.45, 2.75) is 44.3 Å². The molecule has 2 aromatic heterocycles. The highest BCUT2D eigenvalue weighted by Gasteiger charge is 2.28. The van der Waals surface area contributed by atoms with Gasteiger partial charge in [0, 0.05) is 17.8 Å². The van der Waals surface area contributed by atoms with E-state index in [4.69, 9.17) is 4.74 Å². The van der Waals surface area contributed by atoms with Gasteiger partial charge in [-0.25, -0.2) is 4.79 Å². The number of nitrogens with one attached hydrogen (secondary N) is 1. The number of hydrogen-bond acceptors (Lipinski definition) is 7. The largest absolute Gasteiger partial charge is 0.465 e. The predicted molar refractivity (Wildman–Crippen MR) is 122 cm³/mol. The Morgan fingerprint density at radius 3 is 2.77 bits per heavy atom. The first kappa shape index (κ1) is 21.6. The van der Waals surface area contributed by atoms with Gasteiger partial charge in [-0.1, -0.05) is 42.1 Å². The molecule has 1 aromatic carbocycles. The number of rotatable bonds is 8. The van der Waals surface area contributed by atoms with Gasteiger partial charge in [0.25, 0.3) is 0 Å². The minimum absolute atomic E-state index is 0.176. The van der Waals surface area contributed by atoms with Crippen LogP contribution >= 0.6 is 23.1 Å². The third-order valence-corrected chi connectivity index (χ3v) is 7.38. The van der Waals surface area contributed by atoms with Crippen LogP contribution in [0.1, 0.15) is 45.5 Å². The van der Waals surface area contributed by atoms with E-state index in [0.29, 0.717) is 22.1 Å². The van der Waals surface area contributed by atoms with Crippen molar-refractivity contribution in [3.05, 3.63) is 57.7 Å². The molecule has 0 atom stereocenters. The second-order valence-electron chi connectivity index (χ2n) is 7.20. The quantitative estimate of drug-likeness (QED) is 0.408. The maximum absolute atomic E-state index is 12.6. The molecule has 2 heterocycles. The van der Waals surface area contributed by atoms with E-state index in [1.807, 2.05) is 29.7 Å². The Bertz CT molecular complexity index is 1090. The van der Waals surface area contributed by atoms with Crippen LogP contribution in [-0.4, -0.2) is 39.5 Å². The molecule has 0 saturated carbocycles. The highest BCUT2D eigenvalue weighted by molar-refractivity contribution is 7.99. The van der Waals surface area contributed by atoms with Crippen molar-refractivity contribution in [1.29, 1.82) is 0 Å². The van der Waals surface area contributed by atoms with E-state index in [2.05, 4.69) is 27.6 Å². The maximum Gasteiger partial charge on any atom is 0.341 e. The molecule has 1 N–H and O–H groups in total. The third kappa shape index (κ3) is 4.67. The number of fused-ring (bicyclic) bond motifs is 1. The summed E-state index contributed by atoms with van der Waals surface area (Å²) in [6.45, 7) is 2.76. The number of esters is 1.